The highest BCUT2D eigenvalue weighted by Crippen LogP contribution is 2.34. The molecule has 0 bridgehead atoms. The van der Waals surface area contributed by atoms with E-state index in [0.717, 1.165) is 42.8 Å². The third kappa shape index (κ3) is 4.61. The fourth-order valence-electron chi connectivity index (χ4n) is 4.07. The minimum Gasteiger partial charge on any atom is -0.467 e. The molecule has 3 amide bonds. The number of nitrogens with two attached hydrogens (primary N) is 2. The lowest BCUT2D eigenvalue weighted by Gasteiger charge is -2.30. The van der Waals surface area contributed by atoms with Crippen molar-refractivity contribution in [2.75, 3.05) is 10.6 Å². The molecule has 33 heavy (non-hydrogen) atoms. The number of nitrogens with zero attached hydrogens (tertiary/aromatic N) is 2. The normalized spacial score (nSPS) is 14.7. The van der Waals surface area contributed by atoms with Gasteiger partial charge in [0.15, 0.2) is 11.7 Å². The first kappa shape index (κ1) is 22.5. The molecule has 172 valence electrons. The third-order valence-corrected chi connectivity index (χ3v) is 6.53. The largest absolute Gasteiger partial charge is 0.467 e. The second-order valence-electron chi connectivity index (χ2n) is 8.06. The van der Waals surface area contributed by atoms with Gasteiger partial charge in [-0.05, 0) is 61.1 Å². The number of furan rings is 1. The first-order valence-corrected chi connectivity index (χ1v) is 11.4. The van der Waals surface area contributed by atoms with Crippen LogP contribution in [-0.4, -0.2) is 28.1 Å². The van der Waals surface area contributed by atoms with Gasteiger partial charge in [0, 0.05) is 11.7 Å². The highest BCUT2D eigenvalue weighted by molar-refractivity contribution is 7.09. The molecule has 0 saturated heterocycles. The molecule has 2 heterocycles. The van der Waals surface area contributed by atoms with Gasteiger partial charge < -0.3 is 21.2 Å². The Morgan fingerprint density at radius 3 is 2.58 bits per heavy atom. The SMILES string of the molecule is Cc1cccc(N(C(=O)c2snc(C(N)=O)c2N)C(C(=O)NC2CCCC2)c2ccco2)c1. The van der Waals surface area contributed by atoms with Crippen molar-refractivity contribution in [2.45, 2.75) is 44.7 Å². The number of rotatable bonds is 7. The van der Waals surface area contributed by atoms with Crippen LogP contribution in [0.2, 0.25) is 0 Å². The molecule has 0 aliphatic heterocycles. The Labute approximate surface area is 194 Å². The summed E-state index contributed by atoms with van der Waals surface area (Å²) in [6.45, 7) is 1.89. The summed E-state index contributed by atoms with van der Waals surface area (Å²) in [6, 6.07) is 9.48. The smallest absolute Gasteiger partial charge is 0.273 e. The number of benzene rings is 1. The third-order valence-electron chi connectivity index (χ3n) is 5.68. The average Bonchev–Trinajstić information content (AvgIpc) is 3.53. The Bertz CT molecular complexity index is 1170. The Morgan fingerprint density at radius 2 is 1.97 bits per heavy atom. The summed E-state index contributed by atoms with van der Waals surface area (Å²) in [4.78, 5) is 40.4. The lowest BCUT2D eigenvalue weighted by molar-refractivity contribution is -0.123. The molecule has 1 aliphatic carbocycles. The number of nitrogens with one attached hydrogen (secondary N) is 1. The van der Waals surface area contributed by atoms with E-state index in [1.54, 1.807) is 30.3 Å². The van der Waals surface area contributed by atoms with Gasteiger partial charge in [0.05, 0.1) is 12.0 Å². The first-order valence-electron chi connectivity index (χ1n) is 10.7. The van der Waals surface area contributed by atoms with Crippen LogP contribution in [0.1, 0.15) is 63.2 Å². The van der Waals surface area contributed by atoms with Crippen LogP contribution in [0.3, 0.4) is 0 Å². The molecule has 2 aromatic heterocycles. The quantitative estimate of drug-likeness (QED) is 0.487. The molecule has 1 fully saturated rings. The van der Waals surface area contributed by atoms with Crippen molar-refractivity contribution in [2.24, 2.45) is 5.73 Å². The van der Waals surface area contributed by atoms with Crippen molar-refractivity contribution >= 4 is 40.6 Å². The summed E-state index contributed by atoms with van der Waals surface area (Å²) in [5, 5.41) is 3.07. The first-order chi connectivity index (χ1) is 15.9. The number of carbonyl (C=O) groups is 3. The maximum atomic E-state index is 13.8. The number of aromatic nitrogens is 1. The molecule has 1 saturated carbocycles. The van der Waals surface area contributed by atoms with Crippen LogP contribution in [-0.2, 0) is 4.79 Å². The second kappa shape index (κ2) is 9.45. The van der Waals surface area contributed by atoms with Crippen LogP contribution in [0.25, 0.3) is 0 Å². The summed E-state index contributed by atoms with van der Waals surface area (Å²) in [7, 11) is 0. The minimum atomic E-state index is -1.09. The zero-order valence-corrected chi connectivity index (χ0v) is 18.9. The van der Waals surface area contributed by atoms with Crippen LogP contribution in [0.5, 0.6) is 0 Å². The fraction of sp³-hybridized carbons (Fsp3) is 0.304. The fourth-order valence-corrected chi connectivity index (χ4v) is 4.81. The number of nitrogen functional groups attached to an aromatic ring is 1. The van der Waals surface area contributed by atoms with E-state index in [-0.39, 0.29) is 28.2 Å². The maximum Gasteiger partial charge on any atom is 0.273 e. The molecule has 1 unspecified atom stereocenters. The molecule has 9 nitrogen and oxygen atoms in total. The summed E-state index contributed by atoms with van der Waals surface area (Å²) in [5.74, 6) is -1.46. The van der Waals surface area contributed by atoms with E-state index in [1.165, 1.54) is 11.2 Å². The lowest BCUT2D eigenvalue weighted by Crippen LogP contribution is -2.46. The van der Waals surface area contributed by atoms with Crippen LogP contribution in [0.15, 0.2) is 47.1 Å². The summed E-state index contributed by atoms with van der Waals surface area (Å²) >= 11 is 0.770. The van der Waals surface area contributed by atoms with Gasteiger partial charge in [-0.3, -0.25) is 19.3 Å². The van der Waals surface area contributed by atoms with E-state index in [9.17, 15) is 14.4 Å². The highest BCUT2D eigenvalue weighted by atomic mass is 32.1. The summed E-state index contributed by atoms with van der Waals surface area (Å²) < 4.78 is 9.55. The van der Waals surface area contributed by atoms with Gasteiger partial charge in [-0.15, -0.1) is 0 Å². The predicted molar refractivity (Wildman–Crippen MR) is 125 cm³/mol. The van der Waals surface area contributed by atoms with Crippen LogP contribution in [0.4, 0.5) is 11.4 Å². The van der Waals surface area contributed by atoms with E-state index in [1.807, 2.05) is 13.0 Å². The zero-order chi connectivity index (χ0) is 23.5. The van der Waals surface area contributed by atoms with Crippen LogP contribution in [0, 0.1) is 6.92 Å². The molecule has 1 atom stereocenters. The van der Waals surface area contributed by atoms with Gasteiger partial charge in [-0.2, -0.15) is 4.37 Å². The van der Waals surface area contributed by atoms with Crippen molar-refractivity contribution in [3.05, 3.63) is 64.6 Å². The molecular formula is C23H25N5O4S. The lowest BCUT2D eigenvalue weighted by atomic mass is 10.1. The molecule has 0 spiro atoms. The van der Waals surface area contributed by atoms with Gasteiger partial charge in [0.2, 0.25) is 0 Å². The van der Waals surface area contributed by atoms with Crippen molar-refractivity contribution in [1.82, 2.24) is 9.69 Å². The van der Waals surface area contributed by atoms with E-state index in [4.69, 9.17) is 15.9 Å². The van der Waals surface area contributed by atoms with Crippen LogP contribution >= 0.6 is 11.5 Å². The number of primary amides is 1. The molecule has 1 aliphatic rings. The van der Waals surface area contributed by atoms with E-state index in [2.05, 4.69) is 9.69 Å². The molecule has 10 heteroatoms. The van der Waals surface area contributed by atoms with Crippen LogP contribution < -0.4 is 21.7 Å². The minimum absolute atomic E-state index is 0.0236. The van der Waals surface area contributed by atoms with E-state index >= 15 is 0 Å². The predicted octanol–water partition coefficient (Wildman–Crippen LogP) is 3.17. The summed E-state index contributed by atoms with van der Waals surface area (Å²) in [6.07, 6.45) is 5.32. The molecule has 4 rings (SSSR count). The number of hydrogen-bond acceptors (Lipinski definition) is 7. The van der Waals surface area contributed by atoms with Crippen molar-refractivity contribution in [3.63, 3.8) is 0 Å². The highest BCUT2D eigenvalue weighted by Gasteiger charge is 2.38. The zero-order valence-electron chi connectivity index (χ0n) is 18.1. The topological polar surface area (TPSA) is 145 Å². The molecule has 0 radical (unpaired) electrons. The average molecular weight is 468 g/mol. The Kier molecular flexibility index (Phi) is 6.45. The summed E-state index contributed by atoms with van der Waals surface area (Å²) in [5.41, 5.74) is 12.5. The van der Waals surface area contributed by atoms with Crippen molar-refractivity contribution < 1.29 is 18.8 Å². The number of anilines is 2. The number of amides is 3. The molecule has 3 aromatic rings. The second-order valence-corrected chi connectivity index (χ2v) is 8.83. The molecule has 5 N–H and O–H groups in total. The van der Waals surface area contributed by atoms with Gasteiger partial charge in [-0.1, -0.05) is 25.0 Å². The maximum absolute atomic E-state index is 13.8. The molecular weight excluding hydrogens is 442 g/mol. The Hall–Kier alpha value is -3.66. The Morgan fingerprint density at radius 1 is 1.21 bits per heavy atom. The van der Waals surface area contributed by atoms with Gasteiger partial charge in [-0.25, -0.2) is 0 Å². The Balaban J connectivity index is 1.81. The van der Waals surface area contributed by atoms with Crippen molar-refractivity contribution in [1.29, 1.82) is 0 Å². The number of carbonyl (C=O) groups excluding carboxylic acids is 3. The van der Waals surface area contributed by atoms with E-state index < -0.39 is 17.9 Å². The van der Waals surface area contributed by atoms with Gasteiger partial charge in [0.1, 0.15) is 10.6 Å². The number of hydrogen-bond donors (Lipinski definition) is 3. The standard InChI is InChI=1S/C23H25N5O4S/c1-13-6-4-9-15(12-13)28(23(31)20-17(24)18(21(25)29)27-33-20)19(16-10-5-11-32-16)22(30)26-14-7-2-3-8-14/h4-6,9-12,14,19H,2-3,7-8,24H2,1H3,(H2,25,29)(H,26,30). The van der Waals surface area contributed by atoms with Crippen molar-refractivity contribution in [3.8, 4) is 0 Å². The molecule has 1 aromatic carbocycles. The number of aryl methyl sites for hydroxylation is 1. The van der Waals surface area contributed by atoms with Gasteiger partial charge >= 0.3 is 0 Å². The van der Waals surface area contributed by atoms with E-state index in [0.29, 0.717) is 11.4 Å². The monoisotopic (exact) mass is 467 g/mol. The van der Waals surface area contributed by atoms with Gasteiger partial charge in [0.25, 0.3) is 17.7 Å².